The third-order valence-corrected chi connectivity index (χ3v) is 3.23. The predicted octanol–water partition coefficient (Wildman–Crippen LogP) is 3.51. The Morgan fingerprint density at radius 2 is 2.00 bits per heavy atom. The zero-order chi connectivity index (χ0) is 15.5. The lowest BCUT2D eigenvalue weighted by Crippen LogP contribution is -2.35. The topological polar surface area (TPSA) is 41.3 Å². The van der Waals surface area contributed by atoms with Gasteiger partial charge in [0, 0.05) is 30.9 Å². The van der Waals surface area contributed by atoms with Crippen molar-refractivity contribution in [3.8, 4) is 0 Å². The standard InChI is InChI=1S/C17H25N3O/c1-13-8-9-15(21-13)12-20(5)16-14(7-6-10-18-16)11-19-17(2,3)4/h6-10,19H,11-12H2,1-5H3. The lowest BCUT2D eigenvalue weighted by Gasteiger charge is -2.24. The van der Waals surface area contributed by atoms with E-state index in [0.717, 1.165) is 23.9 Å². The molecular weight excluding hydrogens is 262 g/mol. The van der Waals surface area contributed by atoms with Crippen molar-refractivity contribution in [2.24, 2.45) is 0 Å². The molecule has 0 spiro atoms. The molecule has 0 bridgehead atoms. The number of furan rings is 1. The number of aromatic nitrogens is 1. The first-order valence-electron chi connectivity index (χ1n) is 7.30. The van der Waals surface area contributed by atoms with E-state index in [4.69, 9.17) is 4.42 Å². The molecule has 0 atom stereocenters. The molecule has 114 valence electrons. The highest BCUT2D eigenvalue weighted by atomic mass is 16.3. The molecule has 0 amide bonds. The Bertz CT molecular complexity index is 584. The van der Waals surface area contributed by atoms with Gasteiger partial charge in [0.15, 0.2) is 0 Å². The van der Waals surface area contributed by atoms with Crippen LogP contribution in [0.2, 0.25) is 0 Å². The van der Waals surface area contributed by atoms with Crippen LogP contribution in [-0.2, 0) is 13.1 Å². The summed E-state index contributed by atoms with van der Waals surface area (Å²) in [5.41, 5.74) is 1.28. The summed E-state index contributed by atoms with van der Waals surface area (Å²) < 4.78 is 5.64. The third-order valence-electron chi connectivity index (χ3n) is 3.23. The molecule has 0 unspecified atom stereocenters. The molecule has 0 aliphatic carbocycles. The van der Waals surface area contributed by atoms with E-state index < -0.39 is 0 Å². The van der Waals surface area contributed by atoms with Gasteiger partial charge in [0.2, 0.25) is 0 Å². The van der Waals surface area contributed by atoms with E-state index in [2.05, 4.69) is 42.0 Å². The van der Waals surface area contributed by atoms with E-state index in [9.17, 15) is 0 Å². The first kappa shape index (κ1) is 15.6. The fraction of sp³-hybridized carbons (Fsp3) is 0.471. The zero-order valence-corrected chi connectivity index (χ0v) is 13.6. The summed E-state index contributed by atoms with van der Waals surface area (Å²) in [5, 5.41) is 3.51. The summed E-state index contributed by atoms with van der Waals surface area (Å²) in [6.07, 6.45) is 1.83. The van der Waals surface area contributed by atoms with Gasteiger partial charge in [-0.05, 0) is 45.9 Å². The van der Waals surface area contributed by atoms with Crippen LogP contribution in [0.4, 0.5) is 5.82 Å². The van der Waals surface area contributed by atoms with E-state index >= 15 is 0 Å². The van der Waals surface area contributed by atoms with Crippen molar-refractivity contribution in [3.05, 3.63) is 47.5 Å². The smallest absolute Gasteiger partial charge is 0.133 e. The first-order chi connectivity index (χ1) is 9.85. The lowest BCUT2D eigenvalue weighted by atomic mass is 10.1. The molecule has 2 rings (SSSR count). The van der Waals surface area contributed by atoms with Gasteiger partial charge in [0.25, 0.3) is 0 Å². The Kier molecular flexibility index (Phi) is 4.68. The van der Waals surface area contributed by atoms with Crippen molar-refractivity contribution in [2.45, 2.75) is 46.3 Å². The summed E-state index contributed by atoms with van der Waals surface area (Å²) in [6.45, 7) is 9.97. The van der Waals surface area contributed by atoms with Crippen LogP contribution in [0.3, 0.4) is 0 Å². The summed E-state index contributed by atoms with van der Waals surface area (Å²) >= 11 is 0. The molecule has 2 aromatic rings. The number of pyridine rings is 1. The summed E-state index contributed by atoms with van der Waals surface area (Å²) in [4.78, 5) is 6.65. The number of hydrogen-bond donors (Lipinski definition) is 1. The predicted molar refractivity (Wildman–Crippen MR) is 86.4 cm³/mol. The average Bonchev–Trinajstić information content (AvgIpc) is 2.81. The molecule has 2 aromatic heterocycles. The number of nitrogens with one attached hydrogen (secondary N) is 1. The van der Waals surface area contributed by atoms with Crippen molar-refractivity contribution in [1.82, 2.24) is 10.3 Å². The average molecular weight is 287 g/mol. The van der Waals surface area contributed by atoms with E-state index in [1.54, 1.807) is 0 Å². The fourth-order valence-electron chi connectivity index (χ4n) is 2.15. The van der Waals surface area contributed by atoms with Gasteiger partial charge in [-0.3, -0.25) is 0 Å². The van der Waals surface area contributed by atoms with Gasteiger partial charge in [0.05, 0.1) is 6.54 Å². The molecule has 0 aromatic carbocycles. The number of anilines is 1. The molecule has 0 fully saturated rings. The Labute approximate surface area is 127 Å². The van der Waals surface area contributed by atoms with Crippen molar-refractivity contribution in [1.29, 1.82) is 0 Å². The SMILES string of the molecule is Cc1ccc(CN(C)c2ncccc2CNC(C)(C)C)o1. The Hall–Kier alpha value is -1.81. The molecular formula is C17H25N3O. The van der Waals surface area contributed by atoms with Gasteiger partial charge < -0.3 is 14.6 Å². The third kappa shape index (κ3) is 4.60. The Morgan fingerprint density at radius 3 is 2.62 bits per heavy atom. The monoisotopic (exact) mass is 287 g/mol. The van der Waals surface area contributed by atoms with Crippen LogP contribution < -0.4 is 10.2 Å². The van der Waals surface area contributed by atoms with Crippen LogP contribution in [-0.4, -0.2) is 17.6 Å². The van der Waals surface area contributed by atoms with Gasteiger partial charge in [0.1, 0.15) is 17.3 Å². The lowest BCUT2D eigenvalue weighted by molar-refractivity contribution is 0.423. The summed E-state index contributed by atoms with van der Waals surface area (Å²) in [7, 11) is 2.04. The molecule has 4 nitrogen and oxygen atoms in total. The Balaban J connectivity index is 2.11. The second-order valence-electron chi connectivity index (χ2n) is 6.46. The van der Waals surface area contributed by atoms with Gasteiger partial charge in [-0.15, -0.1) is 0 Å². The molecule has 0 saturated heterocycles. The van der Waals surface area contributed by atoms with Gasteiger partial charge in [-0.25, -0.2) is 4.98 Å². The maximum atomic E-state index is 5.64. The van der Waals surface area contributed by atoms with Crippen LogP contribution in [0.15, 0.2) is 34.9 Å². The van der Waals surface area contributed by atoms with Gasteiger partial charge >= 0.3 is 0 Å². The minimum Gasteiger partial charge on any atom is -0.464 e. The molecule has 0 saturated carbocycles. The highest BCUT2D eigenvalue weighted by Crippen LogP contribution is 2.19. The zero-order valence-electron chi connectivity index (χ0n) is 13.6. The molecule has 0 aliphatic heterocycles. The summed E-state index contributed by atoms with van der Waals surface area (Å²) in [5.74, 6) is 2.88. The second kappa shape index (κ2) is 6.31. The van der Waals surface area contributed by atoms with Crippen LogP contribution in [0, 0.1) is 6.92 Å². The maximum absolute atomic E-state index is 5.64. The van der Waals surface area contributed by atoms with E-state index in [1.807, 2.05) is 38.4 Å². The number of rotatable bonds is 5. The molecule has 21 heavy (non-hydrogen) atoms. The largest absolute Gasteiger partial charge is 0.464 e. The second-order valence-corrected chi connectivity index (χ2v) is 6.46. The quantitative estimate of drug-likeness (QED) is 0.913. The first-order valence-corrected chi connectivity index (χ1v) is 7.30. The van der Waals surface area contributed by atoms with Gasteiger partial charge in [-0.1, -0.05) is 6.07 Å². The highest BCUT2D eigenvalue weighted by molar-refractivity contribution is 5.46. The number of nitrogens with zero attached hydrogens (tertiary/aromatic N) is 2. The Morgan fingerprint density at radius 1 is 1.24 bits per heavy atom. The van der Waals surface area contributed by atoms with E-state index in [1.165, 1.54) is 5.56 Å². The number of hydrogen-bond acceptors (Lipinski definition) is 4. The normalized spacial score (nSPS) is 11.7. The minimum atomic E-state index is 0.0871. The van der Waals surface area contributed by atoms with Crippen molar-refractivity contribution >= 4 is 5.82 Å². The van der Waals surface area contributed by atoms with E-state index in [-0.39, 0.29) is 5.54 Å². The van der Waals surface area contributed by atoms with Crippen LogP contribution in [0.25, 0.3) is 0 Å². The fourth-order valence-corrected chi connectivity index (χ4v) is 2.15. The summed E-state index contributed by atoms with van der Waals surface area (Å²) in [6, 6.07) is 8.10. The molecule has 2 heterocycles. The molecule has 1 N–H and O–H groups in total. The van der Waals surface area contributed by atoms with E-state index in [0.29, 0.717) is 6.54 Å². The van der Waals surface area contributed by atoms with Crippen LogP contribution in [0.1, 0.15) is 37.9 Å². The molecule has 4 heteroatoms. The molecule has 0 radical (unpaired) electrons. The molecule has 0 aliphatic rings. The number of aryl methyl sites for hydroxylation is 1. The van der Waals surface area contributed by atoms with Crippen molar-refractivity contribution < 1.29 is 4.42 Å². The van der Waals surface area contributed by atoms with Gasteiger partial charge in [-0.2, -0.15) is 0 Å². The van der Waals surface area contributed by atoms with Crippen LogP contribution in [0.5, 0.6) is 0 Å². The highest BCUT2D eigenvalue weighted by Gasteiger charge is 2.14. The van der Waals surface area contributed by atoms with Crippen LogP contribution >= 0.6 is 0 Å². The maximum Gasteiger partial charge on any atom is 0.133 e. The van der Waals surface area contributed by atoms with Crippen molar-refractivity contribution in [3.63, 3.8) is 0 Å². The van der Waals surface area contributed by atoms with Crippen molar-refractivity contribution in [2.75, 3.05) is 11.9 Å². The minimum absolute atomic E-state index is 0.0871.